The number of fused-ring (bicyclic) bond motifs is 2. The summed E-state index contributed by atoms with van der Waals surface area (Å²) in [6.45, 7) is 0. The van der Waals surface area contributed by atoms with Crippen LogP contribution in [0.2, 0.25) is 0 Å². The lowest BCUT2D eigenvalue weighted by Gasteiger charge is -2.35. The van der Waals surface area contributed by atoms with Crippen LogP contribution < -0.4 is 5.32 Å². The number of hydrogen-bond acceptors (Lipinski definition) is 5. The molecule has 2 bridgehead atoms. The van der Waals surface area contributed by atoms with Gasteiger partial charge in [0, 0.05) is 11.3 Å². The van der Waals surface area contributed by atoms with E-state index in [2.05, 4.69) is 10.5 Å². The van der Waals surface area contributed by atoms with Gasteiger partial charge in [0.1, 0.15) is 0 Å². The number of hydrogen-bond donors (Lipinski definition) is 3. The molecule has 106 valence electrons. The number of aliphatic hydroxyl groups is 1. The van der Waals surface area contributed by atoms with Gasteiger partial charge in [0.05, 0.1) is 22.6 Å². The first kappa shape index (κ1) is 13.5. The fourth-order valence-corrected chi connectivity index (χ4v) is 4.51. The Hall–Kier alpha value is -1.53. The molecular weight excluding hydrogens is 276 g/mol. The third-order valence-corrected chi connectivity index (χ3v) is 5.54. The molecule has 0 spiro atoms. The van der Waals surface area contributed by atoms with Gasteiger partial charge < -0.3 is 15.6 Å². The second-order valence-corrected chi connectivity index (χ2v) is 6.36. The number of aliphatic hydroxyl groups excluding tert-OH is 1. The van der Waals surface area contributed by atoms with Crippen molar-refractivity contribution in [2.45, 2.75) is 29.7 Å². The van der Waals surface area contributed by atoms with Crippen LogP contribution in [-0.4, -0.2) is 44.6 Å². The first-order valence-corrected chi connectivity index (χ1v) is 7.61. The Morgan fingerprint density at radius 3 is 2.85 bits per heavy atom. The Morgan fingerprint density at radius 2 is 2.15 bits per heavy atom. The number of benzene rings is 1. The van der Waals surface area contributed by atoms with E-state index in [1.54, 1.807) is 12.1 Å². The summed E-state index contributed by atoms with van der Waals surface area (Å²) in [5.74, 6) is 0.455. The first-order chi connectivity index (χ1) is 9.66. The van der Waals surface area contributed by atoms with Gasteiger partial charge in [-0.1, -0.05) is 23.4 Å². The van der Waals surface area contributed by atoms with E-state index in [1.165, 1.54) is 11.8 Å². The van der Waals surface area contributed by atoms with E-state index in [4.69, 9.17) is 0 Å². The van der Waals surface area contributed by atoms with Crippen LogP contribution in [0.4, 0.5) is 0 Å². The lowest BCUT2D eigenvalue weighted by Crippen LogP contribution is -2.59. The van der Waals surface area contributed by atoms with Crippen LogP contribution in [-0.2, 0) is 0 Å². The molecule has 5 nitrogen and oxygen atoms in total. The highest BCUT2D eigenvalue weighted by Gasteiger charge is 2.53. The second kappa shape index (κ2) is 5.10. The maximum absolute atomic E-state index is 12.3. The smallest absolute Gasteiger partial charge is 0.252 e. The van der Waals surface area contributed by atoms with Gasteiger partial charge in [0.25, 0.3) is 5.91 Å². The zero-order valence-electron chi connectivity index (χ0n) is 10.8. The van der Waals surface area contributed by atoms with Gasteiger partial charge in [-0.25, -0.2) is 0 Å². The van der Waals surface area contributed by atoms with Crippen LogP contribution in [0.15, 0.2) is 35.5 Å². The molecule has 1 aliphatic carbocycles. The van der Waals surface area contributed by atoms with Gasteiger partial charge in [0.2, 0.25) is 0 Å². The quantitative estimate of drug-likeness (QED) is 0.566. The molecule has 6 heteroatoms. The highest BCUT2D eigenvalue weighted by molar-refractivity contribution is 8.01. The Bertz CT molecular complexity index is 549. The second-order valence-electron chi connectivity index (χ2n) is 5.23. The molecule has 1 aliphatic heterocycles. The van der Waals surface area contributed by atoms with Crippen LogP contribution in [0.1, 0.15) is 23.2 Å². The van der Waals surface area contributed by atoms with Gasteiger partial charge in [-0.15, -0.1) is 11.8 Å². The predicted octanol–water partition coefficient (Wildman–Crippen LogP) is 1.26. The van der Waals surface area contributed by atoms with E-state index in [-0.39, 0.29) is 11.2 Å². The Balaban J connectivity index is 1.85. The van der Waals surface area contributed by atoms with E-state index in [0.29, 0.717) is 29.9 Å². The van der Waals surface area contributed by atoms with Crippen molar-refractivity contribution in [3.8, 4) is 0 Å². The van der Waals surface area contributed by atoms with Crippen LogP contribution >= 0.6 is 11.8 Å². The van der Waals surface area contributed by atoms with E-state index in [9.17, 15) is 15.1 Å². The number of amides is 1. The molecule has 0 aromatic heterocycles. The molecule has 1 saturated heterocycles. The van der Waals surface area contributed by atoms with Crippen molar-refractivity contribution in [3.63, 3.8) is 0 Å². The monoisotopic (exact) mass is 292 g/mol. The van der Waals surface area contributed by atoms with Gasteiger partial charge in [-0.05, 0) is 25.0 Å². The maximum atomic E-state index is 12.3. The summed E-state index contributed by atoms with van der Waals surface area (Å²) in [5, 5.41) is 25.3. The lowest BCUT2D eigenvalue weighted by atomic mass is 9.80. The number of nitrogens with one attached hydrogen (secondary N) is 1. The maximum Gasteiger partial charge on any atom is 0.252 e. The third-order valence-electron chi connectivity index (χ3n) is 3.98. The van der Waals surface area contributed by atoms with Crippen LogP contribution in [0.5, 0.6) is 0 Å². The fourth-order valence-electron chi connectivity index (χ4n) is 2.89. The molecule has 1 saturated carbocycles. The van der Waals surface area contributed by atoms with Gasteiger partial charge in [0.15, 0.2) is 0 Å². The van der Waals surface area contributed by atoms with E-state index in [1.807, 2.05) is 18.2 Å². The summed E-state index contributed by atoms with van der Waals surface area (Å²) in [6, 6.07) is 8.97. The molecule has 2 aliphatic rings. The number of nitrogens with zero attached hydrogens (tertiary/aromatic N) is 1. The summed E-state index contributed by atoms with van der Waals surface area (Å²) >= 11 is 1.53. The van der Waals surface area contributed by atoms with Crippen molar-refractivity contribution in [2.75, 3.05) is 5.75 Å². The summed E-state index contributed by atoms with van der Waals surface area (Å²) in [7, 11) is 0. The molecule has 0 radical (unpaired) electrons. The van der Waals surface area contributed by atoms with Gasteiger partial charge >= 0.3 is 0 Å². The summed E-state index contributed by atoms with van der Waals surface area (Å²) in [5.41, 5.74) is 0.445. The average molecular weight is 292 g/mol. The Kier molecular flexibility index (Phi) is 3.43. The van der Waals surface area contributed by atoms with Crippen molar-refractivity contribution < 1.29 is 15.1 Å². The summed E-state index contributed by atoms with van der Waals surface area (Å²) in [4.78, 5) is 12.3. The van der Waals surface area contributed by atoms with Crippen molar-refractivity contribution in [1.82, 2.24) is 5.32 Å². The minimum Gasteiger partial charge on any atom is -0.411 e. The number of thioether (sulfide) groups is 1. The standard InChI is InChI=1S/C14H16N2O3S/c17-10-6-7-14(8-20-11(10)12(14)16-19)15-13(18)9-4-2-1-3-5-9/h1-5,10-11,17,19H,6-8H2,(H,15,18)/b16-12+/t10-,11+,14-/m0/s1. The first-order valence-electron chi connectivity index (χ1n) is 6.56. The normalized spacial score (nSPS) is 34.1. The van der Waals surface area contributed by atoms with Crippen LogP contribution in [0.25, 0.3) is 0 Å². The van der Waals surface area contributed by atoms with E-state index >= 15 is 0 Å². The Morgan fingerprint density at radius 1 is 1.40 bits per heavy atom. The zero-order chi connectivity index (χ0) is 14.2. The zero-order valence-corrected chi connectivity index (χ0v) is 11.6. The molecule has 1 aromatic rings. The number of rotatable bonds is 2. The molecular formula is C14H16N2O3S. The molecule has 0 unspecified atom stereocenters. The van der Waals surface area contributed by atoms with E-state index < -0.39 is 11.6 Å². The van der Waals surface area contributed by atoms with Crippen LogP contribution in [0.3, 0.4) is 0 Å². The molecule has 1 heterocycles. The third kappa shape index (κ3) is 2.09. The molecule has 1 amide bonds. The highest BCUT2D eigenvalue weighted by atomic mass is 32.2. The molecule has 3 rings (SSSR count). The fraction of sp³-hybridized carbons (Fsp3) is 0.429. The average Bonchev–Trinajstić information content (AvgIpc) is 2.76. The van der Waals surface area contributed by atoms with E-state index in [0.717, 1.165) is 0 Å². The minimum atomic E-state index is -0.629. The SMILES string of the molecule is O=C(N[C@@]12CC[C@H](O)[C@@H](SC1)/C2=N\O)c1ccccc1. The highest BCUT2D eigenvalue weighted by Crippen LogP contribution is 2.43. The molecule has 20 heavy (non-hydrogen) atoms. The predicted molar refractivity (Wildman–Crippen MR) is 77.3 cm³/mol. The Labute approximate surface area is 121 Å². The minimum absolute atomic E-state index is 0.176. The van der Waals surface area contributed by atoms with Crippen molar-refractivity contribution >= 4 is 23.4 Å². The van der Waals surface area contributed by atoms with Crippen LogP contribution in [0, 0.1) is 0 Å². The van der Waals surface area contributed by atoms with Gasteiger partial charge in [-0.3, -0.25) is 4.79 Å². The van der Waals surface area contributed by atoms with Crippen molar-refractivity contribution in [3.05, 3.63) is 35.9 Å². The summed E-state index contributed by atoms with van der Waals surface area (Å²) in [6.07, 6.45) is 0.691. The number of carbonyl (C=O) groups is 1. The van der Waals surface area contributed by atoms with Crippen molar-refractivity contribution in [1.29, 1.82) is 0 Å². The largest absolute Gasteiger partial charge is 0.411 e. The molecule has 1 aromatic carbocycles. The topological polar surface area (TPSA) is 81.9 Å². The van der Waals surface area contributed by atoms with Crippen molar-refractivity contribution in [2.24, 2.45) is 5.16 Å². The molecule has 2 fully saturated rings. The summed E-state index contributed by atoms with van der Waals surface area (Å²) < 4.78 is 0. The van der Waals surface area contributed by atoms with Gasteiger partial charge in [-0.2, -0.15) is 0 Å². The number of oxime groups is 1. The lowest BCUT2D eigenvalue weighted by molar-refractivity contribution is 0.0904. The molecule has 3 atom stereocenters. The molecule has 3 N–H and O–H groups in total. The number of carbonyl (C=O) groups excluding carboxylic acids is 1.